The predicted octanol–water partition coefficient (Wildman–Crippen LogP) is -4.04. The minimum atomic E-state index is -1.60. The van der Waals surface area contributed by atoms with Crippen LogP contribution >= 0.6 is 0 Å². The van der Waals surface area contributed by atoms with Crippen molar-refractivity contribution < 1.29 is 39.6 Å². The fraction of sp³-hybridized carbons (Fsp3) is 0.611. The number of imidazole rings is 1. The van der Waals surface area contributed by atoms with Crippen molar-refractivity contribution in [3.8, 4) is 0 Å². The highest BCUT2D eigenvalue weighted by Crippen LogP contribution is 2.03. The third-order valence-electron chi connectivity index (χ3n) is 4.54. The fourth-order valence-corrected chi connectivity index (χ4v) is 2.60. The van der Waals surface area contributed by atoms with Crippen LogP contribution in [0.25, 0.3) is 0 Å². The third-order valence-corrected chi connectivity index (χ3v) is 4.54. The van der Waals surface area contributed by atoms with E-state index in [1.807, 2.05) is 0 Å². The average molecular weight is 458 g/mol. The monoisotopic (exact) mass is 458 g/mol. The molecule has 1 aromatic heterocycles. The Balaban J connectivity index is 2.91. The van der Waals surface area contributed by atoms with Gasteiger partial charge in [0.2, 0.25) is 17.7 Å². The number of nitrogens with zero attached hydrogens (tertiary/aromatic N) is 1. The zero-order chi connectivity index (χ0) is 24.6. The largest absolute Gasteiger partial charge is 0.480 e. The first-order valence-corrected chi connectivity index (χ1v) is 9.76. The van der Waals surface area contributed by atoms with Gasteiger partial charge in [0.15, 0.2) is 0 Å². The SMILES string of the molecule is CC(O)C(N)C(=O)NC(C(=O)NC(C(=O)NC(Cc1cnc[nH]1)C(=O)O)C(C)O)C(C)O. The Morgan fingerprint density at radius 1 is 0.938 bits per heavy atom. The molecule has 0 aliphatic carbocycles. The fourth-order valence-electron chi connectivity index (χ4n) is 2.60. The summed E-state index contributed by atoms with van der Waals surface area (Å²) >= 11 is 0. The van der Waals surface area contributed by atoms with E-state index in [0.29, 0.717) is 5.69 Å². The van der Waals surface area contributed by atoms with Gasteiger partial charge in [0.25, 0.3) is 0 Å². The molecule has 0 saturated heterocycles. The summed E-state index contributed by atoms with van der Waals surface area (Å²) in [5.74, 6) is -4.32. The second-order valence-corrected chi connectivity index (χ2v) is 7.40. The molecule has 0 aromatic carbocycles. The molecular weight excluding hydrogens is 428 g/mol. The van der Waals surface area contributed by atoms with Crippen LogP contribution in [-0.2, 0) is 25.6 Å². The zero-order valence-corrected chi connectivity index (χ0v) is 17.8. The molecule has 0 aliphatic rings. The van der Waals surface area contributed by atoms with Crippen molar-refractivity contribution in [1.29, 1.82) is 0 Å². The van der Waals surface area contributed by atoms with E-state index < -0.39 is 66.2 Å². The van der Waals surface area contributed by atoms with Crippen LogP contribution in [0.15, 0.2) is 12.5 Å². The van der Waals surface area contributed by atoms with Crippen molar-refractivity contribution >= 4 is 23.7 Å². The number of amides is 3. The van der Waals surface area contributed by atoms with Crippen LogP contribution in [0.1, 0.15) is 26.5 Å². The molecule has 1 heterocycles. The van der Waals surface area contributed by atoms with Crippen molar-refractivity contribution in [2.24, 2.45) is 5.73 Å². The van der Waals surface area contributed by atoms with Gasteiger partial charge in [0, 0.05) is 18.3 Å². The molecule has 7 unspecified atom stereocenters. The van der Waals surface area contributed by atoms with Crippen molar-refractivity contribution in [1.82, 2.24) is 25.9 Å². The molecule has 14 heteroatoms. The summed E-state index contributed by atoms with van der Waals surface area (Å²) in [6, 6.07) is -5.94. The summed E-state index contributed by atoms with van der Waals surface area (Å²) in [7, 11) is 0. The van der Waals surface area contributed by atoms with Crippen LogP contribution in [-0.4, -0.2) is 96.6 Å². The number of aromatic nitrogens is 2. The van der Waals surface area contributed by atoms with Crippen LogP contribution in [0, 0.1) is 0 Å². The lowest BCUT2D eigenvalue weighted by Crippen LogP contribution is -2.62. The Bertz CT molecular complexity index is 782. The van der Waals surface area contributed by atoms with Crippen LogP contribution in [0.5, 0.6) is 0 Å². The van der Waals surface area contributed by atoms with Crippen molar-refractivity contribution in [3.05, 3.63) is 18.2 Å². The number of nitrogens with two attached hydrogens (primary N) is 1. The number of H-pyrrole nitrogens is 1. The van der Waals surface area contributed by atoms with E-state index in [1.54, 1.807) is 0 Å². The molecule has 0 bridgehead atoms. The van der Waals surface area contributed by atoms with Gasteiger partial charge in [-0.05, 0) is 20.8 Å². The van der Waals surface area contributed by atoms with E-state index in [0.717, 1.165) is 0 Å². The second kappa shape index (κ2) is 12.1. The van der Waals surface area contributed by atoms with E-state index >= 15 is 0 Å². The summed E-state index contributed by atoms with van der Waals surface area (Å²) in [6.07, 6.45) is -1.53. The number of nitrogens with one attached hydrogen (secondary N) is 4. The number of aliphatic carboxylic acids is 1. The Hall–Kier alpha value is -3.07. The number of aliphatic hydroxyl groups excluding tert-OH is 3. The summed E-state index contributed by atoms with van der Waals surface area (Å²) in [5, 5.41) is 45.2. The van der Waals surface area contributed by atoms with Gasteiger partial charge in [-0.1, -0.05) is 0 Å². The molecule has 3 amide bonds. The first-order chi connectivity index (χ1) is 14.8. The summed E-state index contributed by atoms with van der Waals surface area (Å²) < 4.78 is 0. The lowest BCUT2D eigenvalue weighted by Gasteiger charge is -2.27. The quantitative estimate of drug-likeness (QED) is 0.147. The number of hydrogen-bond donors (Lipinski definition) is 9. The zero-order valence-electron chi connectivity index (χ0n) is 17.8. The van der Waals surface area contributed by atoms with Gasteiger partial charge in [-0.3, -0.25) is 14.4 Å². The Labute approximate surface area is 183 Å². The molecular formula is C18H30N6O8. The van der Waals surface area contributed by atoms with Gasteiger partial charge >= 0.3 is 5.97 Å². The number of hydrogen-bond acceptors (Lipinski definition) is 9. The highest BCUT2D eigenvalue weighted by atomic mass is 16.4. The minimum Gasteiger partial charge on any atom is -0.480 e. The molecule has 10 N–H and O–H groups in total. The molecule has 14 nitrogen and oxygen atoms in total. The van der Waals surface area contributed by atoms with E-state index in [-0.39, 0.29) is 6.42 Å². The van der Waals surface area contributed by atoms with E-state index in [4.69, 9.17) is 5.73 Å². The Morgan fingerprint density at radius 2 is 1.44 bits per heavy atom. The van der Waals surface area contributed by atoms with Gasteiger partial charge in [-0.2, -0.15) is 0 Å². The van der Waals surface area contributed by atoms with Crippen LogP contribution < -0.4 is 21.7 Å². The van der Waals surface area contributed by atoms with Crippen LogP contribution in [0.3, 0.4) is 0 Å². The predicted molar refractivity (Wildman–Crippen MR) is 109 cm³/mol. The summed E-state index contributed by atoms with van der Waals surface area (Å²) in [4.78, 5) is 55.2. The van der Waals surface area contributed by atoms with Crippen molar-refractivity contribution in [2.75, 3.05) is 0 Å². The molecule has 0 spiro atoms. The normalized spacial score (nSPS) is 17.7. The van der Waals surface area contributed by atoms with Gasteiger partial charge < -0.3 is 47.1 Å². The van der Waals surface area contributed by atoms with Crippen LogP contribution in [0.4, 0.5) is 0 Å². The highest BCUT2D eigenvalue weighted by Gasteiger charge is 2.34. The van der Waals surface area contributed by atoms with Gasteiger partial charge in [0.05, 0.1) is 24.6 Å². The second-order valence-electron chi connectivity index (χ2n) is 7.40. The molecule has 0 saturated carbocycles. The molecule has 1 rings (SSSR count). The Morgan fingerprint density at radius 3 is 1.84 bits per heavy atom. The number of aliphatic hydroxyl groups is 3. The lowest BCUT2D eigenvalue weighted by atomic mass is 10.1. The highest BCUT2D eigenvalue weighted by molar-refractivity contribution is 5.94. The number of carbonyl (C=O) groups excluding carboxylic acids is 3. The number of rotatable bonds is 12. The number of carbonyl (C=O) groups is 4. The smallest absolute Gasteiger partial charge is 0.326 e. The van der Waals surface area contributed by atoms with Gasteiger partial charge in [-0.25, -0.2) is 9.78 Å². The molecule has 32 heavy (non-hydrogen) atoms. The maximum atomic E-state index is 12.6. The molecule has 180 valence electrons. The molecule has 1 aromatic rings. The van der Waals surface area contributed by atoms with Crippen LogP contribution in [0.2, 0.25) is 0 Å². The van der Waals surface area contributed by atoms with Crippen molar-refractivity contribution in [3.63, 3.8) is 0 Å². The third kappa shape index (κ3) is 7.88. The molecule has 0 aliphatic heterocycles. The van der Waals surface area contributed by atoms with Crippen molar-refractivity contribution in [2.45, 2.75) is 69.7 Å². The standard InChI is InChI=1S/C18H30N6O8/c1-7(25)12(19)15(28)23-14(9(3)27)17(30)24-13(8(2)26)16(29)22-11(18(31)32)4-10-5-20-6-21-10/h5-9,11-14,25-27H,4,19H2,1-3H3,(H,20,21)(H,22,29)(H,23,28)(H,24,30)(H,31,32). The average Bonchev–Trinajstić information content (AvgIpc) is 3.20. The minimum absolute atomic E-state index is 0.134. The molecule has 0 fully saturated rings. The maximum absolute atomic E-state index is 12.6. The topological polar surface area (TPSA) is 240 Å². The van der Waals surface area contributed by atoms with Gasteiger partial charge in [-0.15, -0.1) is 0 Å². The van der Waals surface area contributed by atoms with Gasteiger partial charge in [0.1, 0.15) is 24.2 Å². The van der Waals surface area contributed by atoms with E-state index in [9.17, 15) is 39.6 Å². The first kappa shape index (κ1) is 27.0. The number of carboxylic acid groups (broad SMARTS) is 1. The summed E-state index contributed by atoms with van der Waals surface area (Å²) in [5.41, 5.74) is 5.93. The maximum Gasteiger partial charge on any atom is 0.326 e. The number of carboxylic acids is 1. The van der Waals surface area contributed by atoms with E-state index in [2.05, 4.69) is 25.9 Å². The number of aromatic amines is 1. The lowest BCUT2D eigenvalue weighted by molar-refractivity contribution is -0.143. The van der Waals surface area contributed by atoms with E-state index in [1.165, 1.54) is 33.3 Å². The summed E-state index contributed by atoms with van der Waals surface area (Å²) in [6.45, 7) is 3.65. The Kier molecular flexibility index (Phi) is 10.2. The molecule has 7 atom stereocenters. The molecule has 0 radical (unpaired) electrons. The first-order valence-electron chi connectivity index (χ1n) is 9.76.